The van der Waals surface area contributed by atoms with Crippen LogP contribution in [0.25, 0.3) is 0 Å². The molecule has 5 nitrogen and oxygen atoms in total. The van der Waals surface area contributed by atoms with Crippen LogP contribution in [0.15, 0.2) is 48.5 Å². The summed E-state index contributed by atoms with van der Waals surface area (Å²) in [4.78, 5) is 12.4. The normalized spacial score (nSPS) is 12.5. The van der Waals surface area contributed by atoms with Gasteiger partial charge in [0, 0.05) is 12.6 Å². The Kier molecular flexibility index (Phi) is 5.29. The highest BCUT2D eigenvalue weighted by Crippen LogP contribution is 2.19. The van der Waals surface area contributed by atoms with Crippen LogP contribution in [0.5, 0.6) is 0 Å². The second-order valence-electron chi connectivity index (χ2n) is 5.89. The fourth-order valence-corrected chi connectivity index (χ4v) is 2.75. The van der Waals surface area contributed by atoms with E-state index in [1.807, 2.05) is 38.1 Å². The number of rotatable bonds is 5. The number of sulfonamides is 1. The molecule has 6 heteroatoms. The van der Waals surface area contributed by atoms with Crippen LogP contribution in [0, 0.1) is 6.92 Å². The van der Waals surface area contributed by atoms with Crippen LogP contribution >= 0.6 is 0 Å². The summed E-state index contributed by atoms with van der Waals surface area (Å²) in [5, 5.41) is 2.93. The van der Waals surface area contributed by atoms with Crippen molar-refractivity contribution in [3.05, 3.63) is 65.2 Å². The molecule has 0 heterocycles. The molecule has 128 valence electrons. The molecular formula is C18H22N2O3S. The van der Waals surface area contributed by atoms with Crippen molar-refractivity contribution in [1.29, 1.82) is 0 Å². The molecule has 0 bridgehead atoms. The van der Waals surface area contributed by atoms with E-state index in [9.17, 15) is 13.2 Å². The van der Waals surface area contributed by atoms with Crippen molar-refractivity contribution in [2.45, 2.75) is 19.9 Å². The van der Waals surface area contributed by atoms with Crippen molar-refractivity contribution in [3.8, 4) is 0 Å². The first-order valence-electron chi connectivity index (χ1n) is 7.60. The average molecular weight is 346 g/mol. The molecule has 0 aliphatic heterocycles. The van der Waals surface area contributed by atoms with Gasteiger partial charge in [0.2, 0.25) is 10.0 Å². The Morgan fingerprint density at radius 2 is 1.75 bits per heavy atom. The van der Waals surface area contributed by atoms with E-state index >= 15 is 0 Å². The van der Waals surface area contributed by atoms with Crippen molar-refractivity contribution in [1.82, 2.24) is 5.32 Å². The quantitative estimate of drug-likeness (QED) is 0.905. The van der Waals surface area contributed by atoms with Crippen LogP contribution in [0.3, 0.4) is 0 Å². The van der Waals surface area contributed by atoms with E-state index in [-0.39, 0.29) is 11.9 Å². The summed E-state index contributed by atoms with van der Waals surface area (Å²) >= 11 is 0. The molecule has 0 radical (unpaired) electrons. The summed E-state index contributed by atoms with van der Waals surface area (Å²) in [6.07, 6.45) is 1.12. The molecule has 1 amide bonds. The second-order valence-corrected chi connectivity index (χ2v) is 7.90. The van der Waals surface area contributed by atoms with Gasteiger partial charge in [0.25, 0.3) is 5.91 Å². The molecule has 2 aromatic carbocycles. The molecule has 2 aromatic rings. The summed E-state index contributed by atoms with van der Waals surface area (Å²) < 4.78 is 24.4. The number of hydrogen-bond donors (Lipinski definition) is 1. The van der Waals surface area contributed by atoms with Gasteiger partial charge in [-0.25, -0.2) is 8.42 Å². The molecule has 0 fully saturated rings. The minimum atomic E-state index is -3.37. The fourth-order valence-electron chi connectivity index (χ4n) is 2.25. The number of aryl methyl sites for hydroxylation is 1. The van der Waals surface area contributed by atoms with Gasteiger partial charge in [-0.2, -0.15) is 0 Å². The van der Waals surface area contributed by atoms with Crippen molar-refractivity contribution in [2.75, 3.05) is 17.6 Å². The first-order valence-corrected chi connectivity index (χ1v) is 9.44. The highest BCUT2D eigenvalue weighted by Gasteiger charge is 2.15. The molecular weight excluding hydrogens is 324 g/mol. The average Bonchev–Trinajstić information content (AvgIpc) is 2.54. The smallest absolute Gasteiger partial charge is 0.251 e. The molecule has 0 saturated heterocycles. The second kappa shape index (κ2) is 7.05. The molecule has 0 aliphatic carbocycles. The van der Waals surface area contributed by atoms with Gasteiger partial charge in [0.15, 0.2) is 0 Å². The zero-order valence-corrected chi connectivity index (χ0v) is 15.1. The zero-order chi connectivity index (χ0) is 17.9. The van der Waals surface area contributed by atoms with Gasteiger partial charge in [-0.1, -0.05) is 35.9 Å². The Balaban J connectivity index is 2.16. The topological polar surface area (TPSA) is 66.5 Å². The van der Waals surface area contributed by atoms with Gasteiger partial charge < -0.3 is 5.32 Å². The number of nitrogens with zero attached hydrogens (tertiary/aromatic N) is 1. The molecule has 0 saturated carbocycles. The van der Waals surface area contributed by atoms with Crippen molar-refractivity contribution in [3.63, 3.8) is 0 Å². The Hall–Kier alpha value is -2.34. The lowest BCUT2D eigenvalue weighted by molar-refractivity contribution is 0.0940. The summed E-state index contributed by atoms with van der Waals surface area (Å²) in [5.41, 5.74) is 3.04. The van der Waals surface area contributed by atoms with Crippen LogP contribution < -0.4 is 9.62 Å². The molecule has 0 aliphatic rings. The monoisotopic (exact) mass is 346 g/mol. The summed E-state index contributed by atoms with van der Waals surface area (Å²) in [7, 11) is -1.91. The van der Waals surface area contributed by atoms with Gasteiger partial charge in [0.1, 0.15) is 0 Å². The lowest BCUT2D eigenvalue weighted by Crippen LogP contribution is -2.28. The molecule has 1 atom stereocenters. The van der Waals surface area contributed by atoms with Gasteiger partial charge >= 0.3 is 0 Å². The predicted octanol–water partition coefficient (Wildman–Crippen LogP) is 2.88. The molecule has 1 unspecified atom stereocenters. The SMILES string of the molecule is Cc1ccc(C(C)NC(=O)c2cccc(N(C)S(C)(=O)=O)c2)cc1. The number of hydrogen-bond acceptors (Lipinski definition) is 3. The van der Waals surface area contributed by atoms with E-state index < -0.39 is 10.0 Å². The van der Waals surface area contributed by atoms with E-state index in [0.29, 0.717) is 11.3 Å². The van der Waals surface area contributed by atoms with E-state index in [0.717, 1.165) is 21.7 Å². The van der Waals surface area contributed by atoms with Crippen molar-refractivity contribution < 1.29 is 13.2 Å². The van der Waals surface area contributed by atoms with E-state index in [1.165, 1.54) is 7.05 Å². The molecule has 2 rings (SSSR count). The number of carbonyl (C=O) groups excluding carboxylic acids is 1. The van der Waals surface area contributed by atoms with E-state index in [2.05, 4.69) is 5.32 Å². The van der Waals surface area contributed by atoms with Crippen molar-refractivity contribution >= 4 is 21.6 Å². The predicted molar refractivity (Wildman–Crippen MR) is 96.7 cm³/mol. The molecule has 1 N–H and O–H groups in total. The number of amides is 1. The maximum Gasteiger partial charge on any atom is 0.251 e. The summed E-state index contributed by atoms with van der Waals surface area (Å²) in [6.45, 7) is 3.92. The summed E-state index contributed by atoms with van der Waals surface area (Å²) in [6, 6.07) is 14.4. The maximum absolute atomic E-state index is 12.4. The van der Waals surface area contributed by atoms with Crippen LogP contribution in [0.2, 0.25) is 0 Å². The Morgan fingerprint density at radius 1 is 1.12 bits per heavy atom. The largest absolute Gasteiger partial charge is 0.346 e. The van der Waals surface area contributed by atoms with Gasteiger partial charge in [0.05, 0.1) is 18.0 Å². The Bertz CT molecular complexity index is 830. The lowest BCUT2D eigenvalue weighted by Gasteiger charge is -2.18. The highest BCUT2D eigenvalue weighted by atomic mass is 32.2. The first-order chi connectivity index (χ1) is 11.2. The third kappa shape index (κ3) is 4.35. The van der Waals surface area contributed by atoms with Gasteiger partial charge in [-0.15, -0.1) is 0 Å². The number of nitrogens with one attached hydrogen (secondary N) is 1. The molecule has 0 spiro atoms. The van der Waals surface area contributed by atoms with Crippen LogP contribution in [0.1, 0.15) is 34.5 Å². The van der Waals surface area contributed by atoms with Crippen LogP contribution in [-0.4, -0.2) is 27.6 Å². The minimum absolute atomic E-state index is 0.144. The number of benzene rings is 2. The highest BCUT2D eigenvalue weighted by molar-refractivity contribution is 7.92. The standard InChI is InChI=1S/C18H22N2O3S/c1-13-8-10-15(11-9-13)14(2)19-18(21)16-6-5-7-17(12-16)20(3)24(4,22)23/h5-12,14H,1-4H3,(H,19,21). The maximum atomic E-state index is 12.4. The van der Waals surface area contributed by atoms with Gasteiger partial charge in [-0.05, 0) is 37.6 Å². The zero-order valence-electron chi connectivity index (χ0n) is 14.3. The number of anilines is 1. The number of carbonyl (C=O) groups is 1. The van der Waals surface area contributed by atoms with Crippen LogP contribution in [0.4, 0.5) is 5.69 Å². The fraction of sp³-hybridized carbons (Fsp3) is 0.278. The Morgan fingerprint density at radius 3 is 2.33 bits per heavy atom. The molecule has 24 heavy (non-hydrogen) atoms. The van der Waals surface area contributed by atoms with E-state index in [4.69, 9.17) is 0 Å². The van der Waals surface area contributed by atoms with Crippen molar-refractivity contribution in [2.24, 2.45) is 0 Å². The van der Waals surface area contributed by atoms with Gasteiger partial charge in [-0.3, -0.25) is 9.10 Å². The van der Waals surface area contributed by atoms with Crippen LogP contribution in [-0.2, 0) is 10.0 Å². The first kappa shape index (κ1) is 18.0. The third-order valence-electron chi connectivity index (χ3n) is 3.89. The lowest BCUT2D eigenvalue weighted by atomic mass is 10.1. The van der Waals surface area contributed by atoms with E-state index in [1.54, 1.807) is 24.3 Å². The third-order valence-corrected chi connectivity index (χ3v) is 5.10. The minimum Gasteiger partial charge on any atom is -0.346 e. The molecule has 0 aromatic heterocycles. The summed E-state index contributed by atoms with van der Waals surface area (Å²) in [5.74, 6) is -0.244. The Labute approximate surface area is 143 Å².